The fraction of sp³-hybridized carbons (Fsp3) is 0.571. The minimum Gasteiger partial charge on any atom is -0.496 e. The molecule has 3 nitrogen and oxygen atoms in total. The van der Waals surface area contributed by atoms with Crippen molar-refractivity contribution in [1.29, 1.82) is 0 Å². The highest BCUT2D eigenvalue weighted by atomic mass is 79.9. The van der Waals surface area contributed by atoms with E-state index in [0.717, 1.165) is 22.3 Å². The van der Waals surface area contributed by atoms with Gasteiger partial charge in [0.25, 0.3) is 0 Å². The summed E-state index contributed by atoms with van der Waals surface area (Å²) in [6.45, 7) is 7.42. The van der Waals surface area contributed by atoms with Crippen LogP contribution in [0.3, 0.4) is 0 Å². The van der Waals surface area contributed by atoms with Crippen LogP contribution in [0.5, 0.6) is 5.75 Å². The first kappa shape index (κ1) is 15.5. The molecule has 0 aliphatic carbocycles. The summed E-state index contributed by atoms with van der Waals surface area (Å²) in [5, 5.41) is 13.2. The van der Waals surface area contributed by atoms with Crippen LogP contribution in [0.1, 0.15) is 26.3 Å². The van der Waals surface area contributed by atoms with Gasteiger partial charge in [-0.3, -0.25) is 0 Å². The van der Waals surface area contributed by atoms with Gasteiger partial charge in [-0.1, -0.05) is 26.8 Å². The van der Waals surface area contributed by atoms with Crippen molar-refractivity contribution < 1.29 is 9.84 Å². The van der Waals surface area contributed by atoms with Crippen molar-refractivity contribution in [2.45, 2.75) is 33.4 Å². The zero-order valence-corrected chi connectivity index (χ0v) is 13.0. The monoisotopic (exact) mass is 315 g/mol. The van der Waals surface area contributed by atoms with E-state index in [0.29, 0.717) is 6.54 Å². The topological polar surface area (TPSA) is 41.5 Å². The van der Waals surface area contributed by atoms with E-state index < -0.39 is 0 Å². The molecule has 0 aromatic heterocycles. The molecular weight excluding hydrogens is 294 g/mol. The third-order valence-electron chi connectivity index (χ3n) is 2.88. The lowest BCUT2D eigenvalue weighted by Gasteiger charge is -2.26. The van der Waals surface area contributed by atoms with Crippen LogP contribution in [0.2, 0.25) is 0 Å². The molecule has 2 N–H and O–H groups in total. The summed E-state index contributed by atoms with van der Waals surface area (Å²) in [5.41, 5.74) is 1.07. The standard InChI is InChI=1S/C14H22BrNO2/c1-14(2,3)13(17)9-16-8-10-5-6-12(18-4)11(15)7-10/h5-7,13,16-17H,8-9H2,1-4H3. The average molecular weight is 316 g/mol. The molecule has 102 valence electrons. The predicted octanol–water partition coefficient (Wildman–Crippen LogP) is 2.95. The summed E-state index contributed by atoms with van der Waals surface area (Å²) in [6.07, 6.45) is -0.348. The second-order valence-electron chi connectivity index (χ2n) is 5.48. The summed E-state index contributed by atoms with van der Waals surface area (Å²) >= 11 is 3.46. The van der Waals surface area contributed by atoms with Crippen LogP contribution in [0.4, 0.5) is 0 Å². The fourth-order valence-electron chi connectivity index (χ4n) is 1.48. The number of rotatable bonds is 5. The van der Waals surface area contributed by atoms with Crippen LogP contribution in [0.15, 0.2) is 22.7 Å². The van der Waals surface area contributed by atoms with Crippen LogP contribution < -0.4 is 10.1 Å². The number of hydrogen-bond donors (Lipinski definition) is 2. The van der Waals surface area contributed by atoms with Gasteiger partial charge in [-0.2, -0.15) is 0 Å². The van der Waals surface area contributed by atoms with Gasteiger partial charge in [0.15, 0.2) is 0 Å². The van der Waals surface area contributed by atoms with Gasteiger partial charge < -0.3 is 15.2 Å². The Kier molecular flexibility index (Phi) is 5.63. The van der Waals surface area contributed by atoms with E-state index >= 15 is 0 Å². The largest absolute Gasteiger partial charge is 0.496 e. The summed E-state index contributed by atoms with van der Waals surface area (Å²) in [7, 11) is 1.65. The summed E-state index contributed by atoms with van der Waals surface area (Å²) in [4.78, 5) is 0. The number of halogens is 1. The minimum atomic E-state index is -0.348. The zero-order chi connectivity index (χ0) is 13.8. The fourth-order valence-corrected chi connectivity index (χ4v) is 2.07. The van der Waals surface area contributed by atoms with Gasteiger partial charge in [0.1, 0.15) is 5.75 Å². The Morgan fingerprint density at radius 1 is 1.39 bits per heavy atom. The molecule has 1 unspecified atom stereocenters. The molecule has 0 radical (unpaired) electrons. The molecule has 0 saturated heterocycles. The van der Waals surface area contributed by atoms with Crippen LogP contribution in [0.25, 0.3) is 0 Å². The maximum atomic E-state index is 9.91. The molecule has 1 rings (SSSR count). The molecule has 0 heterocycles. The summed E-state index contributed by atoms with van der Waals surface area (Å²) in [5.74, 6) is 0.827. The molecule has 4 heteroatoms. The van der Waals surface area contributed by atoms with Crippen molar-refractivity contribution >= 4 is 15.9 Å². The van der Waals surface area contributed by atoms with Crippen molar-refractivity contribution in [3.8, 4) is 5.75 Å². The Labute approximate surface area is 118 Å². The van der Waals surface area contributed by atoms with E-state index in [1.54, 1.807) is 7.11 Å². The Morgan fingerprint density at radius 3 is 2.56 bits per heavy atom. The smallest absolute Gasteiger partial charge is 0.133 e. The zero-order valence-electron chi connectivity index (χ0n) is 11.5. The van der Waals surface area contributed by atoms with Gasteiger partial charge in [-0.05, 0) is 39.0 Å². The molecule has 0 fully saturated rings. The molecule has 0 bridgehead atoms. The summed E-state index contributed by atoms with van der Waals surface area (Å²) < 4.78 is 6.13. The molecule has 0 amide bonds. The summed E-state index contributed by atoms with van der Waals surface area (Å²) in [6, 6.07) is 5.97. The van der Waals surface area contributed by atoms with E-state index in [9.17, 15) is 5.11 Å². The van der Waals surface area contributed by atoms with E-state index in [4.69, 9.17) is 4.74 Å². The number of nitrogens with one attached hydrogen (secondary N) is 1. The normalized spacial score (nSPS) is 13.4. The van der Waals surface area contributed by atoms with Crippen molar-refractivity contribution in [3.05, 3.63) is 28.2 Å². The SMILES string of the molecule is COc1ccc(CNCC(O)C(C)(C)C)cc1Br. The van der Waals surface area contributed by atoms with Crippen LogP contribution in [-0.4, -0.2) is 24.9 Å². The van der Waals surface area contributed by atoms with Crippen LogP contribution >= 0.6 is 15.9 Å². The first-order valence-corrected chi connectivity index (χ1v) is 6.85. The number of aliphatic hydroxyl groups is 1. The molecule has 0 aliphatic rings. The highest BCUT2D eigenvalue weighted by Crippen LogP contribution is 2.25. The number of hydrogen-bond acceptors (Lipinski definition) is 3. The highest BCUT2D eigenvalue weighted by molar-refractivity contribution is 9.10. The Hall–Kier alpha value is -0.580. The van der Waals surface area contributed by atoms with Crippen molar-refractivity contribution in [2.24, 2.45) is 5.41 Å². The molecule has 0 saturated carbocycles. The lowest BCUT2D eigenvalue weighted by molar-refractivity contribution is 0.0627. The Bertz CT molecular complexity index is 388. The quantitative estimate of drug-likeness (QED) is 0.877. The van der Waals surface area contributed by atoms with E-state index in [1.807, 2.05) is 39.0 Å². The third-order valence-corrected chi connectivity index (χ3v) is 3.50. The van der Waals surface area contributed by atoms with Crippen LogP contribution in [0, 0.1) is 5.41 Å². The number of ether oxygens (including phenoxy) is 1. The van der Waals surface area contributed by atoms with Crippen LogP contribution in [-0.2, 0) is 6.54 Å². The van der Waals surface area contributed by atoms with Gasteiger partial charge in [-0.15, -0.1) is 0 Å². The van der Waals surface area contributed by atoms with Gasteiger partial charge in [0.2, 0.25) is 0 Å². The second kappa shape index (κ2) is 6.55. The van der Waals surface area contributed by atoms with Crippen molar-refractivity contribution in [3.63, 3.8) is 0 Å². The molecule has 0 spiro atoms. The number of methoxy groups -OCH3 is 1. The van der Waals surface area contributed by atoms with Gasteiger partial charge in [0, 0.05) is 13.1 Å². The molecule has 0 aliphatic heterocycles. The molecule has 18 heavy (non-hydrogen) atoms. The molecular formula is C14H22BrNO2. The lowest BCUT2D eigenvalue weighted by atomic mass is 9.89. The van der Waals surface area contributed by atoms with E-state index in [2.05, 4.69) is 21.2 Å². The number of aliphatic hydroxyl groups excluding tert-OH is 1. The first-order chi connectivity index (χ1) is 8.34. The Morgan fingerprint density at radius 2 is 2.06 bits per heavy atom. The van der Waals surface area contributed by atoms with Crippen molar-refractivity contribution in [1.82, 2.24) is 5.32 Å². The second-order valence-corrected chi connectivity index (χ2v) is 6.34. The van der Waals surface area contributed by atoms with E-state index in [-0.39, 0.29) is 11.5 Å². The van der Waals surface area contributed by atoms with Crippen molar-refractivity contribution in [2.75, 3.05) is 13.7 Å². The average Bonchev–Trinajstić information content (AvgIpc) is 2.28. The first-order valence-electron chi connectivity index (χ1n) is 6.06. The van der Waals surface area contributed by atoms with E-state index in [1.165, 1.54) is 0 Å². The Balaban J connectivity index is 2.47. The minimum absolute atomic E-state index is 0.0898. The lowest BCUT2D eigenvalue weighted by Crippen LogP contribution is -2.36. The van der Waals surface area contributed by atoms with Gasteiger partial charge in [0.05, 0.1) is 17.7 Å². The number of benzene rings is 1. The van der Waals surface area contributed by atoms with Gasteiger partial charge >= 0.3 is 0 Å². The maximum Gasteiger partial charge on any atom is 0.133 e. The molecule has 1 aromatic carbocycles. The third kappa shape index (κ3) is 4.59. The predicted molar refractivity (Wildman–Crippen MR) is 77.9 cm³/mol. The molecule has 1 aromatic rings. The highest BCUT2D eigenvalue weighted by Gasteiger charge is 2.21. The maximum absolute atomic E-state index is 9.91. The molecule has 1 atom stereocenters. The van der Waals surface area contributed by atoms with Gasteiger partial charge in [-0.25, -0.2) is 0 Å².